The van der Waals surface area contributed by atoms with Gasteiger partial charge in [-0.05, 0) is 37.1 Å². The minimum Gasteiger partial charge on any atom is -0.356 e. The molecule has 3 heterocycles. The van der Waals surface area contributed by atoms with E-state index in [1.54, 1.807) is 36.0 Å². The molecule has 0 radical (unpaired) electrons. The maximum Gasteiger partial charge on any atom is 0.251 e. The highest BCUT2D eigenvalue weighted by Gasteiger charge is 2.20. The summed E-state index contributed by atoms with van der Waals surface area (Å²) in [5, 5.41) is 11.7. The number of benzene rings is 1. The molecular formula is C23H29N7O2S. The Morgan fingerprint density at radius 1 is 1.06 bits per heavy atom. The summed E-state index contributed by atoms with van der Waals surface area (Å²) < 4.78 is 1.81. The van der Waals surface area contributed by atoms with E-state index in [1.807, 2.05) is 16.9 Å². The van der Waals surface area contributed by atoms with Crippen molar-refractivity contribution in [1.29, 1.82) is 0 Å². The number of carbonyl (C=O) groups excluding carboxylic acids is 2. The number of carbonyl (C=O) groups is 2. The average molecular weight is 468 g/mol. The zero-order valence-corrected chi connectivity index (χ0v) is 19.6. The average Bonchev–Trinajstić information content (AvgIpc) is 3.26. The summed E-state index contributed by atoms with van der Waals surface area (Å²) in [5.74, 6) is 1.33. The number of rotatable bonds is 9. The molecule has 1 aliphatic rings. The predicted octanol–water partition coefficient (Wildman–Crippen LogP) is 2.47. The van der Waals surface area contributed by atoms with E-state index >= 15 is 0 Å². The molecule has 1 fully saturated rings. The van der Waals surface area contributed by atoms with E-state index in [0.29, 0.717) is 18.7 Å². The van der Waals surface area contributed by atoms with Crippen LogP contribution in [0, 0.1) is 0 Å². The summed E-state index contributed by atoms with van der Waals surface area (Å²) in [4.78, 5) is 36.1. The molecule has 9 nitrogen and oxygen atoms in total. The van der Waals surface area contributed by atoms with Crippen LogP contribution >= 0.6 is 11.8 Å². The molecule has 33 heavy (non-hydrogen) atoms. The Hall–Kier alpha value is -3.14. The lowest BCUT2D eigenvalue weighted by Crippen LogP contribution is -2.38. The first-order chi connectivity index (χ1) is 16.2. The van der Waals surface area contributed by atoms with Crippen LogP contribution in [0.4, 0.5) is 5.82 Å². The molecule has 2 N–H and O–H groups in total. The van der Waals surface area contributed by atoms with E-state index in [0.717, 1.165) is 40.9 Å². The number of hydrogen-bond donors (Lipinski definition) is 2. The van der Waals surface area contributed by atoms with Crippen molar-refractivity contribution in [2.45, 2.75) is 37.9 Å². The number of thioether (sulfide) groups is 1. The number of fused-ring (bicyclic) bond motifs is 1. The van der Waals surface area contributed by atoms with Gasteiger partial charge in [0.05, 0.1) is 24.7 Å². The molecule has 1 aliphatic heterocycles. The Bertz CT molecular complexity index is 1100. The normalized spacial score (nSPS) is 13.8. The van der Waals surface area contributed by atoms with Crippen molar-refractivity contribution < 1.29 is 9.59 Å². The minimum atomic E-state index is -0.272. The van der Waals surface area contributed by atoms with Gasteiger partial charge in [0.25, 0.3) is 5.91 Å². The van der Waals surface area contributed by atoms with Crippen molar-refractivity contribution in [2.24, 2.45) is 0 Å². The molecule has 2 aromatic heterocycles. The highest BCUT2D eigenvalue weighted by Crippen LogP contribution is 2.29. The molecule has 174 valence electrons. The molecule has 0 saturated carbocycles. The Labute approximate surface area is 197 Å². The summed E-state index contributed by atoms with van der Waals surface area (Å²) in [6, 6.07) is 8.83. The maximum absolute atomic E-state index is 12.2. The van der Waals surface area contributed by atoms with E-state index in [9.17, 15) is 9.59 Å². The molecule has 4 rings (SSSR count). The lowest BCUT2D eigenvalue weighted by atomic mass is 10.1. The van der Waals surface area contributed by atoms with Crippen LogP contribution in [0.25, 0.3) is 11.0 Å². The number of piperidine rings is 1. The summed E-state index contributed by atoms with van der Waals surface area (Å²) in [5.41, 5.74) is 1.31. The van der Waals surface area contributed by atoms with Crippen LogP contribution < -0.4 is 15.5 Å². The summed E-state index contributed by atoms with van der Waals surface area (Å²) in [6.07, 6.45) is 5.42. The number of anilines is 1. The van der Waals surface area contributed by atoms with Gasteiger partial charge in [-0.15, -0.1) is 0 Å². The molecule has 2 amide bonds. The van der Waals surface area contributed by atoms with Crippen LogP contribution in [-0.4, -0.2) is 63.5 Å². The second-order valence-corrected chi connectivity index (χ2v) is 9.05. The summed E-state index contributed by atoms with van der Waals surface area (Å²) >= 11 is 1.62. The second-order valence-electron chi connectivity index (χ2n) is 7.81. The van der Waals surface area contributed by atoms with Crippen molar-refractivity contribution in [2.75, 3.05) is 36.8 Å². The van der Waals surface area contributed by atoms with Crippen molar-refractivity contribution in [3.05, 3.63) is 42.1 Å². The highest BCUT2D eigenvalue weighted by atomic mass is 32.2. The van der Waals surface area contributed by atoms with Crippen LogP contribution in [0.2, 0.25) is 0 Å². The second kappa shape index (κ2) is 11.1. The fourth-order valence-corrected chi connectivity index (χ4v) is 4.40. The number of aromatic nitrogens is 4. The van der Waals surface area contributed by atoms with Gasteiger partial charge in [-0.1, -0.05) is 36.9 Å². The highest BCUT2D eigenvalue weighted by molar-refractivity contribution is 7.99. The topological polar surface area (TPSA) is 105 Å². The fraction of sp³-hybridized carbons (Fsp3) is 0.435. The minimum absolute atomic E-state index is 0.0772. The molecule has 0 unspecified atom stereocenters. The molecular weight excluding hydrogens is 438 g/mol. The van der Waals surface area contributed by atoms with E-state index in [4.69, 9.17) is 9.97 Å². The predicted molar refractivity (Wildman–Crippen MR) is 130 cm³/mol. The monoisotopic (exact) mass is 467 g/mol. The Morgan fingerprint density at radius 3 is 2.61 bits per heavy atom. The lowest BCUT2D eigenvalue weighted by molar-refractivity contribution is -0.120. The van der Waals surface area contributed by atoms with Gasteiger partial charge < -0.3 is 15.5 Å². The molecule has 1 aromatic carbocycles. The van der Waals surface area contributed by atoms with Gasteiger partial charge in [0, 0.05) is 25.2 Å². The number of amides is 2. The van der Waals surface area contributed by atoms with Crippen LogP contribution in [0.1, 0.15) is 36.5 Å². The zero-order chi connectivity index (χ0) is 23.0. The van der Waals surface area contributed by atoms with Gasteiger partial charge in [0.2, 0.25) is 5.91 Å². The van der Waals surface area contributed by atoms with Crippen LogP contribution in [0.5, 0.6) is 0 Å². The number of hydrogen-bond acceptors (Lipinski definition) is 7. The van der Waals surface area contributed by atoms with E-state index < -0.39 is 0 Å². The van der Waals surface area contributed by atoms with Crippen molar-refractivity contribution in [1.82, 2.24) is 30.4 Å². The third-order valence-electron chi connectivity index (χ3n) is 5.48. The van der Waals surface area contributed by atoms with E-state index in [-0.39, 0.29) is 18.4 Å². The maximum atomic E-state index is 12.2. The standard InChI is InChI=1S/C23H29N7O2S/c1-2-33-23-27-20(29-12-7-4-8-13-29)18-15-26-30(21(18)28-23)14-11-24-19(31)16-25-22(32)17-9-5-3-6-10-17/h3,5-6,9-10,15H,2,4,7-8,11-14,16H2,1H3,(H,24,31)(H,25,32). The Kier molecular flexibility index (Phi) is 7.77. The Balaban J connectivity index is 1.37. The smallest absolute Gasteiger partial charge is 0.251 e. The SMILES string of the molecule is CCSc1nc(N2CCCCC2)c2cnn(CCNC(=O)CNC(=O)c3ccccc3)c2n1. The molecule has 3 aromatic rings. The molecule has 0 bridgehead atoms. The molecule has 10 heteroatoms. The Morgan fingerprint density at radius 2 is 1.85 bits per heavy atom. The zero-order valence-electron chi connectivity index (χ0n) is 18.8. The van der Waals surface area contributed by atoms with Gasteiger partial charge in [0.1, 0.15) is 5.82 Å². The van der Waals surface area contributed by atoms with Crippen LogP contribution in [0.3, 0.4) is 0 Å². The van der Waals surface area contributed by atoms with Gasteiger partial charge >= 0.3 is 0 Å². The van der Waals surface area contributed by atoms with Gasteiger partial charge in [-0.2, -0.15) is 5.10 Å². The first kappa shape index (κ1) is 23.0. The van der Waals surface area contributed by atoms with Crippen LogP contribution in [0.15, 0.2) is 41.7 Å². The van der Waals surface area contributed by atoms with Crippen molar-refractivity contribution in [3.63, 3.8) is 0 Å². The van der Waals surface area contributed by atoms with Crippen molar-refractivity contribution >= 4 is 40.4 Å². The largest absolute Gasteiger partial charge is 0.356 e. The van der Waals surface area contributed by atoms with Gasteiger partial charge in [-0.3, -0.25) is 9.59 Å². The van der Waals surface area contributed by atoms with Crippen LogP contribution in [-0.2, 0) is 11.3 Å². The molecule has 0 atom stereocenters. The number of nitrogens with one attached hydrogen (secondary N) is 2. The van der Waals surface area contributed by atoms with E-state index in [1.165, 1.54) is 19.3 Å². The first-order valence-electron chi connectivity index (χ1n) is 11.4. The van der Waals surface area contributed by atoms with Gasteiger partial charge in [-0.25, -0.2) is 14.6 Å². The first-order valence-corrected chi connectivity index (χ1v) is 12.4. The number of nitrogens with zero attached hydrogens (tertiary/aromatic N) is 5. The van der Waals surface area contributed by atoms with Crippen molar-refractivity contribution in [3.8, 4) is 0 Å². The third kappa shape index (κ3) is 5.81. The molecule has 0 spiro atoms. The summed E-state index contributed by atoms with van der Waals surface area (Å²) in [7, 11) is 0. The quantitative estimate of drug-likeness (QED) is 0.368. The lowest BCUT2D eigenvalue weighted by Gasteiger charge is -2.28. The van der Waals surface area contributed by atoms with E-state index in [2.05, 4.69) is 27.6 Å². The van der Waals surface area contributed by atoms with Gasteiger partial charge in [0.15, 0.2) is 10.8 Å². The fourth-order valence-electron chi connectivity index (χ4n) is 3.84. The summed E-state index contributed by atoms with van der Waals surface area (Å²) in [6.45, 7) is 4.87. The molecule has 0 aliphatic carbocycles. The third-order valence-corrected chi connectivity index (χ3v) is 6.21. The molecule has 1 saturated heterocycles.